The SMILES string of the molecule is C[C@H](NC(=O)c1ccc(Br)s1)C(=O)N1CCC[C@H]1C(=O)N[C@@H](CCCNC(=N)N)C(=O)CF. The van der Waals surface area contributed by atoms with Crippen LogP contribution in [0.5, 0.6) is 0 Å². The Morgan fingerprint density at radius 1 is 1.33 bits per heavy atom. The summed E-state index contributed by atoms with van der Waals surface area (Å²) >= 11 is 4.53. The van der Waals surface area contributed by atoms with Gasteiger partial charge in [0.25, 0.3) is 5.91 Å². The smallest absolute Gasteiger partial charge is 0.262 e. The highest BCUT2D eigenvalue weighted by Crippen LogP contribution is 2.23. The Labute approximate surface area is 203 Å². The van der Waals surface area contributed by atoms with Gasteiger partial charge in [-0.05, 0) is 60.7 Å². The number of nitrogens with two attached hydrogens (primary N) is 1. The van der Waals surface area contributed by atoms with Crippen molar-refractivity contribution in [2.45, 2.75) is 50.7 Å². The van der Waals surface area contributed by atoms with Crippen molar-refractivity contribution < 1.29 is 23.6 Å². The van der Waals surface area contributed by atoms with E-state index in [1.54, 1.807) is 19.1 Å². The molecule has 1 saturated heterocycles. The number of carbonyl (C=O) groups excluding carboxylic acids is 4. The lowest BCUT2D eigenvalue weighted by Gasteiger charge is -2.28. The first-order valence-electron chi connectivity index (χ1n) is 10.5. The van der Waals surface area contributed by atoms with Crippen LogP contribution in [0.1, 0.15) is 42.3 Å². The van der Waals surface area contributed by atoms with Crippen LogP contribution in [0, 0.1) is 5.41 Å². The van der Waals surface area contributed by atoms with E-state index in [4.69, 9.17) is 11.1 Å². The number of Topliss-reactive ketones (excluding diaryl/α,β-unsaturated/α-hetero) is 1. The predicted octanol–water partition coefficient (Wildman–Crippen LogP) is 0.907. The number of guanidine groups is 1. The number of nitrogens with one attached hydrogen (secondary N) is 4. The number of ketones is 1. The maximum absolute atomic E-state index is 13.0. The Hall–Kier alpha value is -2.54. The fraction of sp³-hybridized carbons (Fsp3) is 0.550. The molecule has 1 aliphatic heterocycles. The summed E-state index contributed by atoms with van der Waals surface area (Å²) in [5.41, 5.74) is 5.20. The summed E-state index contributed by atoms with van der Waals surface area (Å²) in [6, 6.07) is 0.674. The molecule has 2 rings (SSSR count). The number of nitrogens with zero attached hydrogens (tertiary/aromatic N) is 1. The van der Waals surface area contributed by atoms with E-state index in [9.17, 15) is 23.6 Å². The normalized spacial score (nSPS) is 17.2. The molecule has 33 heavy (non-hydrogen) atoms. The molecule has 1 aliphatic rings. The highest BCUT2D eigenvalue weighted by atomic mass is 79.9. The summed E-state index contributed by atoms with van der Waals surface area (Å²) in [5, 5.41) is 14.9. The Balaban J connectivity index is 1.97. The van der Waals surface area contributed by atoms with Crippen LogP contribution < -0.4 is 21.7 Å². The Morgan fingerprint density at radius 3 is 2.67 bits per heavy atom. The molecule has 0 saturated carbocycles. The van der Waals surface area contributed by atoms with Crippen LogP contribution in [0.25, 0.3) is 0 Å². The van der Waals surface area contributed by atoms with Gasteiger partial charge in [-0.3, -0.25) is 24.6 Å². The Bertz CT molecular complexity index is 898. The molecule has 3 amide bonds. The molecule has 0 aliphatic carbocycles. The van der Waals surface area contributed by atoms with Crippen LogP contribution in [0.4, 0.5) is 4.39 Å². The molecular formula is C20H28BrFN6O4S. The molecule has 0 radical (unpaired) electrons. The van der Waals surface area contributed by atoms with Gasteiger partial charge < -0.3 is 26.6 Å². The summed E-state index contributed by atoms with van der Waals surface area (Å²) in [5.74, 6) is -2.31. The first kappa shape index (κ1) is 26.7. The molecule has 1 aromatic rings. The van der Waals surface area contributed by atoms with E-state index in [0.29, 0.717) is 37.2 Å². The third-order valence-corrected chi connectivity index (χ3v) is 6.80. The average molecular weight is 547 g/mol. The lowest BCUT2D eigenvalue weighted by molar-refractivity contribution is -0.140. The third kappa shape index (κ3) is 7.77. The van der Waals surface area contributed by atoms with E-state index in [2.05, 4.69) is 31.9 Å². The van der Waals surface area contributed by atoms with Crippen molar-refractivity contribution in [1.29, 1.82) is 5.41 Å². The van der Waals surface area contributed by atoms with Gasteiger partial charge in [-0.1, -0.05) is 0 Å². The molecular weight excluding hydrogens is 519 g/mol. The zero-order chi connectivity index (χ0) is 24.5. The van der Waals surface area contributed by atoms with Gasteiger partial charge in [0.2, 0.25) is 11.8 Å². The molecule has 10 nitrogen and oxygen atoms in total. The first-order chi connectivity index (χ1) is 15.6. The van der Waals surface area contributed by atoms with Gasteiger partial charge in [0, 0.05) is 13.1 Å². The summed E-state index contributed by atoms with van der Waals surface area (Å²) in [6.07, 6.45) is 1.54. The van der Waals surface area contributed by atoms with Gasteiger partial charge in [0.15, 0.2) is 11.7 Å². The van der Waals surface area contributed by atoms with Crippen molar-refractivity contribution in [2.24, 2.45) is 5.73 Å². The van der Waals surface area contributed by atoms with Crippen molar-refractivity contribution >= 4 is 56.7 Å². The van der Waals surface area contributed by atoms with Crippen LogP contribution in [0.3, 0.4) is 0 Å². The molecule has 1 fully saturated rings. The van der Waals surface area contributed by atoms with Crippen LogP contribution in [-0.4, -0.2) is 72.3 Å². The predicted molar refractivity (Wildman–Crippen MR) is 126 cm³/mol. The number of halogens is 2. The van der Waals surface area contributed by atoms with E-state index < -0.39 is 42.4 Å². The standard InChI is InChI=1S/C20H28BrFN6O4S/c1-11(26-18(31)15-6-7-16(21)33-15)19(32)28-9-3-5-13(28)17(30)27-12(14(29)10-22)4-2-8-25-20(23)24/h6-7,11-13H,2-5,8-10H2,1H3,(H,26,31)(H,27,30)(H4,23,24,25)/t11-,12-,13-/m0/s1. The second-order valence-electron chi connectivity index (χ2n) is 7.63. The zero-order valence-electron chi connectivity index (χ0n) is 18.2. The second-order valence-corrected chi connectivity index (χ2v) is 10.1. The second kappa shape index (κ2) is 12.6. The minimum Gasteiger partial charge on any atom is -0.370 e. The summed E-state index contributed by atoms with van der Waals surface area (Å²) in [7, 11) is 0. The summed E-state index contributed by atoms with van der Waals surface area (Å²) < 4.78 is 13.8. The molecule has 0 aromatic carbocycles. The van der Waals surface area contributed by atoms with Gasteiger partial charge in [0.1, 0.15) is 18.8 Å². The molecule has 3 atom stereocenters. The molecule has 0 spiro atoms. The first-order valence-corrected chi connectivity index (χ1v) is 12.1. The van der Waals surface area contributed by atoms with Crippen LogP contribution in [0.2, 0.25) is 0 Å². The van der Waals surface area contributed by atoms with Crippen LogP contribution >= 0.6 is 27.3 Å². The zero-order valence-corrected chi connectivity index (χ0v) is 20.6. The van der Waals surface area contributed by atoms with E-state index >= 15 is 0 Å². The molecule has 0 unspecified atom stereocenters. The van der Waals surface area contributed by atoms with Gasteiger partial charge >= 0.3 is 0 Å². The van der Waals surface area contributed by atoms with Gasteiger partial charge in [-0.2, -0.15) is 0 Å². The molecule has 13 heteroatoms. The molecule has 0 bridgehead atoms. The topological polar surface area (TPSA) is 157 Å². The quantitative estimate of drug-likeness (QED) is 0.157. The van der Waals surface area contributed by atoms with E-state index in [-0.39, 0.29) is 18.3 Å². The number of rotatable bonds is 11. The van der Waals surface area contributed by atoms with E-state index in [1.165, 1.54) is 16.2 Å². The van der Waals surface area contributed by atoms with Crippen molar-refractivity contribution in [3.8, 4) is 0 Å². The molecule has 182 valence electrons. The molecule has 2 heterocycles. The van der Waals surface area contributed by atoms with Crippen molar-refractivity contribution in [1.82, 2.24) is 20.9 Å². The lowest BCUT2D eigenvalue weighted by Crippen LogP contribution is -2.54. The third-order valence-electron chi connectivity index (χ3n) is 5.18. The summed E-state index contributed by atoms with van der Waals surface area (Å²) in [6.45, 7) is 0.965. The fourth-order valence-electron chi connectivity index (χ4n) is 3.52. The highest BCUT2D eigenvalue weighted by molar-refractivity contribution is 9.11. The minimum absolute atomic E-state index is 0.165. The largest absolute Gasteiger partial charge is 0.370 e. The van der Waals surface area contributed by atoms with Crippen molar-refractivity contribution in [2.75, 3.05) is 19.8 Å². The molecule has 6 N–H and O–H groups in total. The number of carbonyl (C=O) groups is 4. The summed E-state index contributed by atoms with van der Waals surface area (Å²) in [4.78, 5) is 52.0. The lowest BCUT2D eigenvalue weighted by atomic mass is 10.1. The molecule has 1 aromatic heterocycles. The highest BCUT2D eigenvalue weighted by Gasteiger charge is 2.37. The van der Waals surface area contributed by atoms with E-state index in [1.807, 2.05) is 0 Å². The van der Waals surface area contributed by atoms with Crippen molar-refractivity contribution in [3.63, 3.8) is 0 Å². The van der Waals surface area contributed by atoms with Gasteiger partial charge in [-0.25, -0.2) is 4.39 Å². The number of hydrogen-bond donors (Lipinski definition) is 5. The van der Waals surface area contributed by atoms with Gasteiger partial charge in [0.05, 0.1) is 14.7 Å². The van der Waals surface area contributed by atoms with Crippen molar-refractivity contribution in [3.05, 3.63) is 20.8 Å². The monoisotopic (exact) mass is 546 g/mol. The Morgan fingerprint density at radius 2 is 2.06 bits per heavy atom. The number of hydrogen-bond acceptors (Lipinski definition) is 6. The number of alkyl halides is 1. The maximum atomic E-state index is 13.0. The number of amides is 3. The van der Waals surface area contributed by atoms with Crippen LogP contribution in [-0.2, 0) is 14.4 Å². The number of likely N-dealkylation sites (tertiary alicyclic amines) is 1. The Kier molecular flexibility index (Phi) is 10.2. The average Bonchev–Trinajstić information content (AvgIpc) is 3.43. The van der Waals surface area contributed by atoms with Crippen LogP contribution in [0.15, 0.2) is 15.9 Å². The fourth-order valence-corrected chi connectivity index (χ4v) is 4.81. The van der Waals surface area contributed by atoms with E-state index in [0.717, 1.165) is 3.79 Å². The number of thiophene rings is 1. The maximum Gasteiger partial charge on any atom is 0.262 e. The van der Waals surface area contributed by atoms with Gasteiger partial charge in [-0.15, -0.1) is 11.3 Å². The minimum atomic E-state index is -1.22.